The maximum Gasteiger partial charge on any atom is 0.237 e. The molecule has 0 aliphatic rings. The number of aryl methyl sites for hydroxylation is 1. The minimum absolute atomic E-state index is 0.0297. The summed E-state index contributed by atoms with van der Waals surface area (Å²) in [6.07, 6.45) is 2.01. The standard InChI is InChI=1S/C17H19NOS2/c1-12-8-10-14(11-9-12)21-13(2)17(19)18-15-6-4-5-7-16(15)20-3/h4-11,13H,1-3H3,(H,18,19). The fourth-order valence-corrected chi connectivity index (χ4v) is 3.28. The molecule has 0 aliphatic carbocycles. The number of para-hydroxylation sites is 1. The monoisotopic (exact) mass is 317 g/mol. The number of benzene rings is 2. The zero-order valence-electron chi connectivity index (χ0n) is 12.4. The summed E-state index contributed by atoms with van der Waals surface area (Å²) in [6, 6.07) is 16.1. The Labute approximate surface area is 134 Å². The molecule has 0 fully saturated rings. The molecule has 0 aromatic heterocycles. The largest absolute Gasteiger partial charge is 0.324 e. The molecule has 0 saturated heterocycles. The number of anilines is 1. The molecule has 2 aromatic carbocycles. The van der Waals surface area contributed by atoms with E-state index in [1.165, 1.54) is 5.56 Å². The van der Waals surface area contributed by atoms with E-state index in [4.69, 9.17) is 0 Å². The van der Waals surface area contributed by atoms with Crippen LogP contribution in [0.1, 0.15) is 12.5 Å². The topological polar surface area (TPSA) is 29.1 Å². The molecule has 0 heterocycles. The van der Waals surface area contributed by atoms with E-state index in [9.17, 15) is 4.79 Å². The highest BCUT2D eigenvalue weighted by molar-refractivity contribution is 8.00. The molecule has 1 unspecified atom stereocenters. The van der Waals surface area contributed by atoms with Gasteiger partial charge in [0.05, 0.1) is 10.9 Å². The summed E-state index contributed by atoms with van der Waals surface area (Å²) in [5.74, 6) is 0.0297. The van der Waals surface area contributed by atoms with Crippen LogP contribution in [0, 0.1) is 6.92 Å². The lowest BCUT2D eigenvalue weighted by molar-refractivity contribution is -0.115. The first-order valence-electron chi connectivity index (χ1n) is 6.77. The first-order chi connectivity index (χ1) is 10.1. The third-order valence-electron chi connectivity index (χ3n) is 3.07. The molecule has 2 nitrogen and oxygen atoms in total. The SMILES string of the molecule is CSc1ccccc1NC(=O)C(C)Sc1ccc(C)cc1. The van der Waals surface area contributed by atoms with Crippen LogP contribution >= 0.6 is 23.5 Å². The Kier molecular flexibility index (Phi) is 5.76. The Bertz CT molecular complexity index is 610. The van der Waals surface area contributed by atoms with Gasteiger partial charge in [-0.2, -0.15) is 0 Å². The summed E-state index contributed by atoms with van der Waals surface area (Å²) >= 11 is 3.21. The van der Waals surface area contributed by atoms with Crippen molar-refractivity contribution in [3.05, 3.63) is 54.1 Å². The minimum atomic E-state index is -0.136. The van der Waals surface area contributed by atoms with Crippen molar-refractivity contribution < 1.29 is 4.79 Å². The Morgan fingerprint density at radius 1 is 1.10 bits per heavy atom. The molecule has 1 N–H and O–H groups in total. The predicted molar refractivity (Wildman–Crippen MR) is 93.4 cm³/mol. The van der Waals surface area contributed by atoms with Crippen LogP contribution in [0.2, 0.25) is 0 Å². The highest BCUT2D eigenvalue weighted by Crippen LogP contribution is 2.27. The van der Waals surface area contributed by atoms with Crippen molar-refractivity contribution in [2.75, 3.05) is 11.6 Å². The van der Waals surface area contributed by atoms with Crippen LogP contribution in [0.4, 0.5) is 5.69 Å². The number of nitrogens with one attached hydrogen (secondary N) is 1. The second-order valence-electron chi connectivity index (χ2n) is 4.76. The molecule has 1 atom stereocenters. The predicted octanol–water partition coefficient (Wildman–Crippen LogP) is 4.84. The van der Waals surface area contributed by atoms with E-state index in [1.54, 1.807) is 23.5 Å². The van der Waals surface area contributed by atoms with E-state index in [2.05, 4.69) is 36.5 Å². The van der Waals surface area contributed by atoms with Crippen molar-refractivity contribution >= 4 is 35.1 Å². The normalized spacial score (nSPS) is 12.0. The van der Waals surface area contributed by atoms with Gasteiger partial charge in [-0.3, -0.25) is 4.79 Å². The number of thioether (sulfide) groups is 2. The van der Waals surface area contributed by atoms with E-state index < -0.39 is 0 Å². The van der Waals surface area contributed by atoms with Crippen molar-refractivity contribution in [3.63, 3.8) is 0 Å². The Hall–Kier alpha value is -1.39. The molecular formula is C17H19NOS2. The Morgan fingerprint density at radius 3 is 2.43 bits per heavy atom. The molecule has 0 radical (unpaired) electrons. The van der Waals surface area contributed by atoms with Crippen LogP contribution < -0.4 is 5.32 Å². The van der Waals surface area contributed by atoms with Gasteiger partial charge in [-0.25, -0.2) is 0 Å². The summed E-state index contributed by atoms with van der Waals surface area (Å²) in [6.45, 7) is 3.99. The van der Waals surface area contributed by atoms with Crippen LogP contribution in [0.5, 0.6) is 0 Å². The highest BCUT2D eigenvalue weighted by atomic mass is 32.2. The lowest BCUT2D eigenvalue weighted by Crippen LogP contribution is -2.22. The number of rotatable bonds is 5. The van der Waals surface area contributed by atoms with E-state index in [0.29, 0.717) is 0 Å². The first-order valence-corrected chi connectivity index (χ1v) is 8.88. The lowest BCUT2D eigenvalue weighted by atomic mass is 10.2. The first kappa shape index (κ1) is 16.0. The third kappa shape index (κ3) is 4.55. The van der Waals surface area contributed by atoms with E-state index in [0.717, 1.165) is 15.5 Å². The van der Waals surface area contributed by atoms with Gasteiger partial charge in [0.15, 0.2) is 0 Å². The molecular weight excluding hydrogens is 298 g/mol. The second-order valence-corrected chi connectivity index (χ2v) is 7.02. The maximum absolute atomic E-state index is 12.3. The Morgan fingerprint density at radius 2 is 1.76 bits per heavy atom. The molecule has 110 valence electrons. The van der Waals surface area contributed by atoms with Crippen LogP contribution in [-0.2, 0) is 4.79 Å². The molecule has 2 aromatic rings. The maximum atomic E-state index is 12.3. The van der Waals surface area contributed by atoms with Crippen LogP contribution in [-0.4, -0.2) is 17.4 Å². The highest BCUT2D eigenvalue weighted by Gasteiger charge is 2.15. The van der Waals surface area contributed by atoms with Gasteiger partial charge in [0.25, 0.3) is 0 Å². The molecule has 2 rings (SSSR count). The average molecular weight is 317 g/mol. The van der Waals surface area contributed by atoms with Crippen molar-refractivity contribution in [3.8, 4) is 0 Å². The smallest absolute Gasteiger partial charge is 0.237 e. The van der Waals surface area contributed by atoms with Gasteiger partial charge in [0, 0.05) is 9.79 Å². The minimum Gasteiger partial charge on any atom is -0.324 e. The summed E-state index contributed by atoms with van der Waals surface area (Å²) in [5, 5.41) is 2.88. The molecule has 1 amide bonds. The zero-order chi connectivity index (χ0) is 15.2. The van der Waals surface area contributed by atoms with Gasteiger partial charge >= 0.3 is 0 Å². The van der Waals surface area contributed by atoms with Crippen LogP contribution in [0.15, 0.2) is 58.3 Å². The fraction of sp³-hybridized carbons (Fsp3) is 0.235. The van der Waals surface area contributed by atoms with Crippen LogP contribution in [0.25, 0.3) is 0 Å². The zero-order valence-corrected chi connectivity index (χ0v) is 14.1. The number of amides is 1. The number of hydrogen-bond acceptors (Lipinski definition) is 3. The summed E-state index contributed by atoms with van der Waals surface area (Å²) < 4.78 is 0. The van der Waals surface area contributed by atoms with Crippen molar-refractivity contribution in [2.24, 2.45) is 0 Å². The summed E-state index contributed by atoms with van der Waals surface area (Å²) in [5.41, 5.74) is 2.11. The Balaban J connectivity index is 2.01. The molecule has 0 spiro atoms. The van der Waals surface area contributed by atoms with Crippen molar-refractivity contribution in [1.82, 2.24) is 0 Å². The van der Waals surface area contributed by atoms with E-state index in [-0.39, 0.29) is 11.2 Å². The molecule has 4 heteroatoms. The lowest BCUT2D eigenvalue weighted by Gasteiger charge is -2.14. The van der Waals surface area contributed by atoms with Crippen molar-refractivity contribution in [1.29, 1.82) is 0 Å². The van der Waals surface area contributed by atoms with Gasteiger partial charge in [0.1, 0.15) is 0 Å². The second kappa shape index (κ2) is 7.57. The van der Waals surface area contributed by atoms with Gasteiger partial charge < -0.3 is 5.32 Å². The molecule has 0 saturated carbocycles. The summed E-state index contributed by atoms with van der Waals surface area (Å²) in [4.78, 5) is 14.5. The third-order valence-corrected chi connectivity index (χ3v) is 4.98. The van der Waals surface area contributed by atoms with E-state index in [1.807, 2.05) is 37.4 Å². The van der Waals surface area contributed by atoms with Crippen LogP contribution in [0.3, 0.4) is 0 Å². The van der Waals surface area contributed by atoms with Crippen molar-refractivity contribution in [2.45, 2.75) is 28.9 Å². The van der Waals surface area contributed by atoms with Gasteiger partial charge in [0.2, 0.25) is 5.91 Å². The van der Waals surface area contributed by atoms with Gasteiger partial charge in [-0.1, -0.05) is 29.8 Å². The molecule has 0 aliphatic heterocycles. The quantitative estimate of drug-likeness (QED) is 0.800. The number of carbonyl (C=O) groups excluding carboxylic acids is 1. The molecule has 21 heavy (non-hydrogen) atoms. The number of carbonyl (C=O) groups is 1. The average Bonchev–Trinajstić information content (AvgIpc) is 2.50. The summed E-state index contributed by atoms with van der Waals surface area (Å²) in [7, 11) is 0. The fourth-order valence-electron chi connectivity index (χ4n) is 1.86. The van der Waals surface area contributed by atoms with Gasteiger partial charge in [-0.05, 0) is 44.4 Å². The number of hydrogen-bond donors (Lipinski definition) is 1. The van der Waals surface area contributed by atoms with Gasteiger partial charge in [-0.15, -0.1) is 23.5 Å². The molecule has 0 bridgehead atoms. The van der Waals surface area contributed by atoms with E-state index >= 15 is 0 Å².